The summed E-state index contributed by atoms with van der Waals surface area (Å²) in [5, 5.41) is 2.79. The van der Waals surface area contributed by atoms with Crippen molar-refractivity contribution in [2.75, 3.05) is 0 Å². The second kappa shape index (κ2) is 5.87. The molecule has 0 amide bonds. The first-order valence-electron chi connectivity index (χ1n) is 4.28. The van der Waals surface area contributed by atoms with Gasteiger partial charge in [0.2, 0.25) is 0 Å². The van der Waals surface area contributed by atoms with E-state index >= 15 is 0 Å². The first-order valence-corrected chi connectivity index (χ1v) is 8.58. The molecule has 0 spiro atoms. The van der Waals surface area contributed by atoms with Gasteiger partial charge in [-0.3, -0.25) is 0 Å². The zero-order chi connectivity index (χ0) is 10.6. The van der Waals surface area contributed by atoms with Gasteiger partial charge in [-0.2, -0.15) is 12.1 Å². The molecule has 0 bridgehead atoms. The maximum absolute atomic E-state index is 4.89. The molecule has 0 aliphatic rings. The molecule has 3 heteroatoms. The van der Waals surface area contributed by atoms with E-state index in [0.29, 0.717) is 0 Å². The molecule has 2 aromatic rings. The summed E-state index contributed by atoms with van der Waals surface area (Å²) in [6.07, 6.45) is 0. The van der Waals surface area contributed by atoms with Crippen LogP contribution in [0.5, 0.6) is 0 Å². The number of rotatable bonds is 0. The molecule has 0 aliphatic carbocycles. The molecule has 0 fully saturated rings. The van der Waals surface area contributed by atoms with Crippen LogP contribution in [0.3, 0.4) is 0 Å². The fourth-order valence-corrected chi connectivity index (χ4v) is 1.54. The van der Waals surface area contributed by atoms with Crippen molar-refractivity contribution in [3.05, 3.63) is 41.5 Å². The van der Waals surface area contributed by atoms with Crippen molar-refractivity contribution in [3.8, 4) is 0 Å². The molecular weight excluding hydrogens is 251 g/mol. The van der Waals surface area contributed by atoms with Gasteiger partial charge in [-0.25, -0.2) is 0 Å². The van der Waals surface area contributed by atoms with Crippen LogP contribution in [0.4, 0.5) is 0 Å². The van der Waals surface area contributed by atoms with Crippen molar-refractivity contribution in [1.82, 2.24) is 0 Å². The molecule has 0 atom stereocenters. The fourth-order valence-electron chi connectivity index (χ4n) is 1.54. The number of halogens is 2. The Morgan fingerprint density at radius 3 is 2.21 bits per heavy atom. The number of hydrogen-bond donors (Lipinski definition) is 0. The summed E-state index contributed by atoms with van der Waals surface area (Å²) in [7, 11) is 9.78. The van der Waals surface area contributed by atoms with Crippen molar-refractivity contribution in [3.63, 3.8) is 0 Å². The number of aryl methyl sites for hydroxylation is 2. The Kier molecular flexibility index (Phi) is 5.12. The van der Waals surface area contributed by atoms with Crippen LogP contribution in [-0.2, 0) is 17.0 Å². The van der Waals surface area contributed by atoms with Crippen LogP contribution < -0.4 is 0 Å². The number of fused-ring (bicyclic) bond motifs is 1. The quantitative estimate of drug-likeness (QED) is 0.482. The third kappa shape index (κ3) is 2.81. The molecule has 0 nitrogen and oxygen atoms in total. The predicted molar refractivity (Wildman–Crippen MR) is 60.7 cm³/mol. The van der Waals surface area contributed by atoms with Gasteiger partial charge in [0.25, 0.3) is 0 Å². The monoisotopic (exact) mass is 261 g/mol. The number of hydrogen-bond acceptors (Lipinski definition) is 0. The van der Waals surface area contributed by atoms with Gasteiger partial charge >= 0.3 is 35.6 Å². The SMILES string of the molecule is Cc1ccc(C)c2[cH-]ccc12.[Cl][Ti][Cl]. The van der Waals surface area contributed by atoms with Gasteiger partial charge in [0.15, 0.2) is 0 Å². The standard InChI is InChI=1S/C11H11.2ClH.Ti/c1-8-6-7-9(2)11-5-3-4-10(8)11;;;/h3-7H,1-2H3;2*1H;/q-1;;;+2/p-2. The second-order valence-corrected chi connectivity index (χ2v) is 5.70. The molecule has 2 rings (SSSR count). The normalized spacial score (nSPS) is 9.43. The van der Waals surface area contributed by atoms with E-state index in [0.717, 1.165) is 0 Å². The van der Waals surface area contributed by atoms with E-state index in [4.69, 9.17) is 18.6 Å². The van der Waals surface area contributed by atoms with Crippen LogP contribution in [-0.4, -0.2) is 0 Å². The van der Waals surface area contributed by atoms with E-state index in [1.807, 2.05) is 0 Å². The molecule has 0 aliphatic heterocycles. The summed E-state index contributed by atoms with van der Waals surface area (Å²) in [5.74, 6) is 0. The van der Waals surface area contributed by atoms with Gasteiger partial charge in [0.1, 0.15) is 0 Å². The van der Waals surface area contributed by atoms with Crippen LogP contribution in [0, 0.1) is 13.8 Å². The third-order valence-electron chi connectivity index (χ3n) is 2.25. The number of benzene rings is 1. The topological polar surface area (TPSA) is 0 Å². The molecule has 0 unspecified atom stereocenters. The Morgan fingerprint density at radius 1 is 1.07 bits per heavy atom. The van der Waals surface area contributed by atoms with Gasteiger partial charge in [-0.15, -0.1) is 28.5 Å². The molecule has 0 N–H and O–H groups in total. The molecule has 0 aromatic heterocycles. The van der Waals surface area contributed by atoms with Crippen molar-refractivity contribution >= 4 is 29.4 Å². The molecule has 0 saturated heterocycles. The zero-order valence-corrected chi connectivity index (χ0v) is 11.2. The van der Waals surface area contributed by atoms with Gasteiger partial charge in [-0.05, 0) is 6.92 Å². The minimum absolute atomic E-state index is 0.556. The summed E-state index contributed by atoms with van der Waals surface area (Å²) in [6.45, 7) is 4.31. The summed E-state index contributed by atoms with van der Waals surface area (Å²) < 4.78 is 0. The minimum atomic E-state index is -0.556. The van der Waals surface area contributed by atoms with Crippen LogP contribution in [0.1, 0.15) is 11.1 Å². The Morgan fingerprint density at radius 2 is 1.64 bits per heavy atom. The Bertz CT molecular complexity index is 371. The molecule has 0 heterocycles. The van der Waals surface area contributed by atoms with Crippen molar-refractivity contribution in [1.29, 1.82) is 0 Å². The van der Waals surface area contributed by atoms with Crippen molar-refractivity contribution in [2.45, 2.75) is 13.8 Å². The molecule has 0 saturated carbocycles. The Balaban J connectivity index is 0.000000293. The van der Waals surface area contributed by atoms with Gasteiger partial charge < -0.3 is 0 Å². The van der Waals surface area contributed by atoms with E-state index in [1.54, 1.807) is 0 Å². The maximum atomic E-state index is 4.89. The van der Waals surface area contributed by atoms with Crippen molar-refractivity contribution in [2.24, 2.45) is 0 Å². The van der Waals surface area contributed by atoms with Crippen LogP contribution >= 0.6 is 18.6 Å². The van der Waals surface area contributed by atoms with Crippen molar-refractivity contribution < 1.29 is 17.0 Å². The molecular formula is C11H11Cl2Ti-. The summed E-state index contributed by atoms with van der Waals surface area (Å²) in [5.41, 5.74) is 2.74. The summed E-state index contributed by atoms with van der Waals surface area (Å²) in [6, 6.07) is 10.8. The van der Waals surface area contributed by atoms with Gasteiger partial charge in [-0.1, -0.05) is 18.6 Å². The fraction of sp³-hybridized carbons (Fsp3) is 0.182. The Hall–Kier alpha value is 0.124. The average molecular weight is 262 g/mol. The van der Waals surface area contributed by atoms with Crippen LogP contribution in [0.25, 0.3) is 10.8 Å². The van der Waals surface area contributed by atoms with Gasteiger partial charge in [0, 0.05) is 0 Å². The Labute approximate surface area is 101 Å². The summed E-state index contributed by atoms with van der Waals surface area (Å²) in [4.78, 5) is 0. The predicted octanol–water partition coefficient (Wildman–Crippen LogP) is 4.55. The van der Waals surface area contributed by atoms with E-state index in [1.165, 1.54) is 21.9 Å². The molecule has 0 radical (unpaired) electrons. The van der Waals surface area contributed by atoms with E-state index in [-0.39, 0.29) is 0 Å². The van der Waals surface area contributed by atoms with E-state index in [2.05, 4.69) is 44.2 Å². The first kappa shape index (κ1) is 12.2. The van der Waals surface area contributed by atoms with Gasteiger partial charge in [0.05, 0.1) is 0 Å². The van der Waals surface area contributed by atoms with E-state index < -0.39 is 17.0 Å². The zero-order valence-electron chi connectivity index (χ0n) is 8.14. The van der Waals surface area contributed by atoms with Crippen LogP contribution in [0.15, 0.2) is 30.3 Å². The molecule has 2 aromatic carbocycles. The molecule has 74 valence electrons. The van der Waals surface area contributed by atoms with Crippen LogP contribution in [0.2, 0.25) is 0 Å². The average Bonchev–Trinajstić information content (AvgIpc) is 2.62. The summed E-state index contributed by atoms with van der Waals surface area (Å²) >= 11 is -0.556. The first-order chi connectivity index (χ1) is 6.70. The third-order valence-corrected chi connectivity index (χ3v) is 2.25. The second-order valence-electron chi connectivity index (χ2n) is 3.12. The molecule has 14 heavy (non-hydrogen) atoms. The van der Waals surface area contributed by atoms with E-state index in [9.17, 15) is 0 Å².